The highest BCUT2D eigenvalue weighted by Gasteiger charge is 1.93. The fraction of sp³-hybridized carbons (Fsp3) is 0.333. The van der Waals surface area contributed by atoms with Crippen LogP contribution in [0.4, 0.5) is 0 Å². The van der Waals surface area contributed by atoms with Crippen molar-refractivity contribution in [2.75, 3.05) is 19.8 Å². The van der Waals surface area contributed by atoms with Crippen LogP contribution in [0.2, 0.25) is 0 Å². The van der Waals surface area contributed by atoms with Gasteiger partial charge in [0.1, 0.15) is 12.4 Å². The smallest absolute Gasteiger partial charge is 0.119 e. The lowest BCUT2D eigenvalue weighted by atomic mass is 10.3. The first kappa shape index (κ1) is 12.3. The van der Waals surface area contributed by atoms with Gasteiger partial charge in [0.25, 0.3) is 0 Å². The van der Waals surface area contributed by atoms with Crippen molar-refractivity contribution in [2.24, 2.45) is 0 Å². The van der Waals surface area contributed by atoms with Gasteiger partial charge >= 0.3 is 0 Å². The largest absolute Gasteiger partial charge is 0.491 e. The van der Waals surface area contributed by atoms with E-state index in [1.807, 2.05) is 30.3 Å². The quantitative estimate of drug-likeness (QED) is 0.559. The third-order valence-electron chi connectivity index (χ3n) is 1.78. The first-order chi connectivity index (χ1) is 7.33. The van der Waals surface area contributed by atoms with Crippen LogP contribution in [0.5, 0.6) is 5.75 Å². The Balaban J connectivity index is 2.09. The van der Waals surface area contributed by atoms with Gasteiger partial charge in [0.15, 0.2) is 0 Å². The molecule has 0 fully saturated rings. The van der Waals surface area contributed by atoms with Gasteiger partial charge in [-0.05, 0) is 30.7 Å². The van der Waals surface area contributed by atoms with Crippen molar-refractivity contribution < 1.29 is 9.47 Å². The van der Waals surface area contributed by atoms with Gasteiger partial charge in [-0.15, -0.1) is 6.58 Å². The molecule has 0 atom stereocenters. The molecule has 0 bridgehead atoms. The number of hydrogen-bond acceptors (Lipinski definition) is 2. The van der Waals surface area contributed by atoms with Gasteiger partial charge in [0, 0.05) is 4.47 Å². The minimum Gasteiger partial charge on any atom is -0.491 e. The van der Waals surface area contributed by atoms with Crippen molar-refractivity contribution in [2.45, 2.75) is 6.42 Å². The molecule has 0 spiro atoms. The predicted octanol–water partition coefficient (Wildman–Crippen LogP) is 3.42. The fourth-order valence-corrected chi connectivity index (χ4v) is 1.28. The summed E-state index contributed by atoms with van der Waals surface area (Å²) in [5.74, 6) is 0.866. The molecule has 0 saturated carbocycles. The standard InChI is InChI=1S/C12H15BrO2/c1-2-3-8-14-9-10-15-12-6-4-11(13)5-7-12/h2,4-7H,1,3,8-10H2. The zero-order valence-corrected chi connectivity index (χ0v) is 10.2. The van der Waals surface area contributed by atoms with Gasteiger partial charge in [-0.3, -0.25) is 0 Å². The zero-order chi connectivity index (χ0) is 10.9. The normalized spacial score (nSPS) is 9.93. The monoisotopic (exact) mass is 270 g/mol. The summed E-state index contributed by atoms with van der Waals surface area (Å²) in [6.07, 6.45) is 2.73. The van der Waals surface area contributed by atoms with Crippen LogP contribution in [0.1, 0.15) is 6.42 Å². The van der Waals surface area contributed by atoms with Crippen LogP contribution < -0.4 is 4.74 Å². The molecule has 0 N–H and O–H groups in total. The highest BCUT2D eigenvalue weighted by atomic mass is 79.9. The summed E-state index contributed by atoms with van der Waals surface area (Å²) in [7, 11) is 0. The molecule has 0 saturated heterocycles. The van der Waals surface area contributed by atoms with Gasteiger partial charge in [0.2, 0.25) is 0 Å². The molecule has 0 aliphatic rings. The molecule has 15 heavy (non-hydrogen) atoms. The summed E-state index contributed by atoms with van der Waals surface area (Å²) in [5, 5.41) is 0. The molecule has 1 aromatic carbocycles. The van der Waals surface area contributed by atoms with Gasteiger partial charge in [0.05, 0.1) is 13.2 Å². The SMILES string of the molecule is C=CCCOCCOc1ccc(Br)cc1. The summed E-state index contributed by atoms with van der Waals surface area (Å²) in [5.41, 5.74) is 0. The maximum atomic E-state index is 5.47. The molecule has 1 aromatic rings. The van der Waals surface area contributed by atoms with E-state index in [-0.39, 0.29) is 0 Å². The van der Waals surface area contributed by atoms with Crippen LogP contribution in [0.15, 0.2) is 41.4 Å². The maximum absolute atomic E-state index is 5.47. The second-order valence-electron chi connectivity index (χ2n) is 2.99. The number of ether oxygens (including phenoxy) is 2. The molecule has 0 unspecified atom stereocenters. The molecule has 0 amide bonds. The molecule has 0 aliphatic carbocycles. The minimum atomic E-state index is 0.582. The topological polar surface area (TPSA) is 18.5 Å². The van der Waals surface area contributed by atoms with Crippen LogP contribution in [0, 0.1) is 0 Å². The Morgan fingerprint density at radius 1 is 1.13 bits per heavy atom. The van der Waals surface area contributed by atoms with E-state index in [0.29, 0.717) is 19.8 Å². The van der Waals surface area contributed by atoms with Gasteiger partial charge < -0.3 is 9.47 Å². The molecule has 0 aliphatic heterocycles. The summed E-state index contributed by atoms with van der Waals surface area (Å²) in [6, 6.07) is 7.75. The average molecular weight is 271 g/mol. The second-order valence-corrected chi connectivity index (χ2v) is 3.91. The highest BCUT2D eigenvalue weighted by Crippen LogP contribution is 2.15. The van der Waals surface area contributed by atoms with E-state index in [9.17, 15) is 0 Å². The lowest BCUT2D eigenvalue weighted by molar-refractivity contribution is 0.103. The lowest BCUT2D eigenvalue weighted by Crippen LogP contribution is -2.07. The number of rotatable bonds is 7. The van der Waals surface area contributed by atoms with Crippen LogP contribution in [0.25, 0.3) is 0 Å². The van der Waals surface area contributed by atoms with Crippen LogP contribution in [-0.2, 0) is 4.74 Å². The van der Waals surface area contributed by atoms with E-state index in [1.165, 1.54) is 0 Å². The van der Waals surface area contributed by atoms with Crippen molar-refractivity contribution in [3.05, 3.63) is 41.4 Å². The predicted molar refractivity (Wildman–Crippen MR) is 65.3 cm³/mol. The van der Waals surface area contributed by atoms with Crippen molar-refractivity contribution in [1.29, 1.82) is 0 Å². The van der Waals surface area contributed by atoms with Crippen molar-refractivity contribution in [1.82, 2.24) is 0 Å². The molecule has 1 rings (SSSR count). The van der Waals surface area contributed by atoms with E-state index in [0.717, 1.165) is 16.6 Å². The van der Waals surface area contributed by atoms with E-state index < -0.39 is 0 Å². The molecular weight excluding hydrogens is 256 g/mol. The Hall–Kier alpha value is -0.800. The Kier molecular flexibility index (Phi) is 6.12. The zero-order valence-electron chi connectivity index (χ0n) is 8.62. The molecule has 0 aromatic heterocycles. The van der Waals surface area contributed by atoms with Crippen LogP contribution >= 0.6 is 15.9 Å². The Morgan fingerprint density at radius 2 is 1.87 bits per heavy atom. The van der Waals surface area contributed by atoms with Gasteiger partial charge in [-0.25, -0.2) is 0 Å². The molecule has 2 nitrogen and oxygen atoms in total. The van der Waals surface area contributed by atoms with E-state index in [2.05, 4.69) is 22.5 Å². The number of benzene rings is 1. The summed E-state index contributed by atoms with van der Waals surface area (Å²) < 4.78 is 11.8. The molecule has 0 heterocycles. The average Bonchev–Trinajstić information content (AvgIpc) is 2.26. The molecular formula is C12H15BrO2. The first-order valence-corrected chi connectivity index (χ1v) is 5.69. The van der Waals surface area contributed by atoms with E-state index in [1.54, 1.807) is 0 Å². The summed E-state index contributed by atoms with van der Waals surface area (Å²) in [6.45, 7) is 5.53. The summed E-state index contributed by atoms with van der Waals surface area (Å²) >= 11 is 3.37. The van der Waals surface area contributed by atoms with Crippen molar-refractivity contribution in [3.63, 3.8) is 0 Å². The summed E-state index contributed by atoms with van der Waals surface area (Å²) in [4.78, 5) is 0. The third-order valence-corrected chi connectivity index (χ3v) is 2.31. The van der Waals surface area contributed by atoms with Crippen LogP contribution in [-0.4, -0.2) is 19.8 Å². The van der Waals surface area contributed by atoms with Crippen molar-refractivity contribution >= 4 is 15.9 Å². The molecule has 82 valence electrons. The minimum absolute atomic E-state index is 0.582. The Morgan fingerprint density at radius 3 is 2.53 bits per heavy atom. The number of hydrogen-bond donors (Lipinski definition) is 0. The second kappa shape index (κ2) is 7.49. The van der Waals surface area contributed by atoms with Crippen molar-refractivity contribution in [3.8, 4) is 5.75 Å². The maximum Gasteiger partial charge on any atom is 0.119 e. The third kappa shape index (κ3) is 5.60. The Labute approximate surface area is 99.0 Å². The Bertz CT molecular complexity index is 282. The lowest BCUT2D eigenvalue weighted by Gasteiger charge is -2.06. The van der Waals surface area contributed by atoms with E-state index >= 15 is 0 Å². The van der Waals surface area contributed by atoms with E-state index in [4.69, 9.17) is 9.47 Å². The molecule has 3 heteroatoms. The first-order valence-electron chi connectivity index (χ1n) is 4.90. The molecule has 0 radical (unpaired) electrons. The van der Waals surface area contributed by atoms with Gasteiger partial charge in [-0.2, -0.15) is 0 Å². The van der Waals surface area contributed by atoms with Crippen LogP contribution in [0.3, 0.4) is 0 Å². The van der Waals surface area contributed by atoms with Gasteiger partial charge in [-0.1, -0.05) is 22.0 Å². The fourth-order valence-electron chi connectivity index (χ4n) is 1.02. The number of halogens is 1. The highest BCUT2D eigenvalue weighted by molar-refractivity contribution is 9.10.